The molecule has 1 amide bonds. The van der Waals surface area contributed by atoms with Gasteiger partial charge < -0.3 is 10.6 Å². The summed E-state index contributed by atoms with van der Waals surface area (Å²) in [5, 5.41) is 6.86. The lowest BCUT2D eigenvalue weighted by atomic mass is 10.2. The normalized spacial score (nSPS) is 10.7. The molecule has 0 fully saturated rings. The third-order valence-electron chi connectivity index (χ3n) is 2.51. The molecule has 0 heterocycles. The molecule has 0 spiro atoms. The first-order valence-electron chi connectivity index (χ1n) is 6.30. The predicted octanol–water partition coefficient (Wildman–Crippen LogP) is 2.59. The van der Waals surface area contributed by atoms with Crippen LogP contribution >= 0.6 is 11.6 Å². The largest absolute Gasteiger partial charge is 0.356 e. The number of amides is 1. The molecule has 0 unspecified atom stereocenters. The quantitative estimate of drug-likeness (QED) is 0.747. The van der Waals surface area contributed by atoms with Crippen molar-refractivity contribution in [1.29, 1.82) is 0 Å². The molecule has 1 aromatic rings. The van der Waals surface area contributed by atoms with Gasteiger partial charge in [0.15, 0.2) is 0 Å². The Kier molecular flexibility index (Phi) is 6.76. The highest BCUT2D eigenvalue weighted by molar-refractivity contribution is 6.31. The highest BCUT2D eigenvalue weighted by Gasteiger charge is 2.02. The van der Waals surface area contributed by atoms with Crippen LogP contribution in [0.2, 0.25) is 5.02 Å². The Morgan fingerprint density at radius 1 is 1.33 bits per heavy atom. The van der Waals surface area contributed by atoms with Gasteiger partial charge in [-0.1, -0.05) is 43.6 Å². The van der Waals surface area contributed by atoms with E-state index in [0.29, 0.717) is 25.4 Å². The molecule has 0 saturated heterocycles. The minimum Gasteiger partial charge on any atom is -0.356 e. The molecule has 0 aliphatic heterocycles. The molecule has 0 aliphatic rings. The van der Waals surface area contributed by atoms with E-state index in [4.69, 9.17) is 11.6 Å². The first-order valence-corrected chi connectivity index (χ1v) is 6.68. The Morgan fingerprint density at radius 3 is 2.72 bits per heavy atom. The molecular weight excluding hydrogens is 248 g/mol. The summed E-state index contributed by atoms with van der Waals surface area (Å²) in [5.41, 5.74) is 1.06. The van der Waals surface area contributed by atoms with Gasteiger partial charge in [-0.15, -0.1) is 0 Å². The van der Waals surface area contributed by atoms with Crippen molar-refractivity contribution in [1.82, 2.24) is 10.6 Å². The van der Waals surface area contributed by atoms with Crippen molar-refractivity contribution >= 4 is 17.5 Å². The lowest BCUT2D eigenvalue weighted by Gasteiger charge is -2.09. The van der Waals surface area contributed by atoms with Crippen LogP contribution in [0.4, 0.5) is 0 Å². The van der Waals surface area contributed by atoms with Crippen molar-refractivity contribution < 1.29 is 4.79 Å². The molecule has 0 aliphatic carbocycles. The second-order valence-electron chi connectivity index (χ2n) is 4.72. The summed E-state index contributed by atoms with van der Waals surface area (Å²) in [6.07, 6.45) is 0.497. The first kappa shape index (κ1) is 15.0. The maximum atomic E-state index is 11.4. The third kappa shape index (κ3) is 6.03. The van der Waals surface area contributed by atoms with Gasteiger partial charge >= 0.3 is 0 Å². The second kappa shape index (κ2) is 8.11. The second-order valence-corrected chi connectivity index (χ2v) is 5.12. The van der Waals surface area contributed by atoms with Crippen molar-refractivity contribution in [3.8, 4) is 0 Å². The van der Waals surface area contributed by atoms with Crippen LogP contribution in [-0.2, 0) is 11.3 Å². The minimum absolute atomic E-state index is 0.0929. The summed E-state index contributed by atoms with van der Waals surface area (Å²) >= 11 is 6.03. The van der Waals surface area contributed by atoms with Crippen LogP contribution in [-0.4, -0.2) is 19.0 Å². The zero-order valence-electron chi connectivity index (χ0n) is 11.0. The number of carbonyl (C=O) groups is 1. The molecule has 0 aromatic heterocycles. The summed E-state index contributed by atoms with van der Waals surface area (Å²) < 4.78 is 0. The van der Waals surface area contributed by atoms with Crippen molar-refractivity contribution in [3.05, 3.63) is 34.9 Å². The molecule has 1 rings (SSSR count). The number of carbonyl (C=O) groups excluding carboxylic acids is 1. The van der Waals surface area contributed by atoms with Crippen LogP contribution in [0.15, 0.2) is 24.3 Å². The van der Waals surface area contributed by atoms with Crippen LogP contribution in [0.1, 0.15) is 25.8 Å². The van der Waals surface area contributed by atoms with Crippen LogP contribution in [0.5, 0.6) is 0 Å². The highest BCUT2D eigenvalue weighted by Crippen LogP contribution is 2.14. The average Bonchev–Trinajstić information content (AvgIpc) is 2.34. The summed E-state index contributed by atoms with van der Waals surface area (Å²) in [5.74, 6) is 0.584. The van der Waals surface area contributed by atoms with Crippen molar-refractivity contribution in [3.63, 3.8) is 0 Å². The predicted molar refractivity (Wildman–Crippen MR) is 75.6 cm³/mol. The zero-order chi connectivity index (χ0) is 13.4. The molecule has 1 aromatic carbocycles. The summed E-state index contributed by atoms with van der Waals surface area (Å²) in [4.78, 5) is 11.4. The first-order chi connectivity index (χ1) is 8.59. The van der Waals surface area contributed by atoms with E-state index in [-0.39, 0.29) is 5.91 Å². The lowest BCUT2D eigenvalue weighted by molar-refractivity contribution is -0.121. The molecular formula is C14H21ClN2O. The van der Waals surface area contributed by atoms with Gasteiger partial charge in [-0.05, 0) is 17.5 Å². The van der Waals surface area contributed by atoms with Gasteiger partial charge in [0.1, 0.15) is 0 Å². The van der Waals surface area contributed by atoms with Gasteiger partial charge in [-0.25, -0.2) is 0 Å². The van der Waals surface area contributed by atoms with E-state index in [2.05, 4.69) is 24.5 Å². The Hall–Kier alpha value is -1.06. The van der Waals surface area contributed by atoms with Crippen molar-refractivity contribution in [2.24, 2.45) is 5.92 Å². The standard InChI is InChI=1S/C14H21ClN2O/c1-11(2)9-17-14(18)7-8-16-10-12-5-3-4-6-13(12)15/h3-6,11,16H,7-10H2,1-2H3,(H,17,18). The fourth-order valence-corrected chi connectivity index (χ4v) is 1.68. The zero-order valence-corrected chi connectivity index (χ0v) is 11.8. The van der Waals surface area contributed by atoms with E-state index in [0.717, 1.165) is 17.1 Å². The molecule has 4 heteroatoms. The van der Waals surface area contributed by atoms with Gasteiger partial charge in [-0.3, -0.25) is 4.79 Å². The fraction of sp³-hybridized carbons (Fsp3) is 0.500. The number of halogens is 1. The molecule has 0 saturated carbocycles. The van der Waals surface area contributed by atoms with E-state index in [9.17, 15) is 4.79 Å². The van der Waals surface area contributed by atoms with E-state index in [1.54, 1.807) is 0 Å². The molecule has 18 heavy (non-hydrogen) atoms. The fourth-order valence-electron chi connectivity index (χ4n) is 1.47. The number of hydrogen-bond donors (Lipinski definition) is 2. The Morgan fingerprint density at radius 2 is 2.06 bits per heavy atom. The maximum Gasteiger partial charge on any atom is 0.221 e. The molecule has 2 N–H and O–H groups in total. The summed E-state index contributed by atoms with van der Waals surface area (Å²) in [6.45, 7) is 6.25. The van der Waals surface area contributed by atoms with Gasteiger partial charge in [0.05, 0.1) is 0 Å². The minimum atomic E-state index is 0.0929. The number of nitrogens with one attached hydrogen (secondary N) is 2. The van der Waals surface area contributed by atoms with Crippen LogP contribution in [0.25, 0.3) is 0 Å². The van der Waals surface area contributed by atoms with Crippen LogP contribution < -0.4 is 10.6 Å². The molecule has 3 nitrogen and oxygen atoms in total. The van der Waals surface area contributed by atoms with Gasteiger partial charge in [0.25, 0.3) is 0 Å². The van der Waals surface area contributed by atoms with E-state index in [1.165, 1.54) is 0 Å². The number of benzene rings is 1. The lowest BCUT2D eigenvalue weighted by Crippen LogP contribution is -2.30. The molecule has 100 valence electrons. The smallest absolute Gasteiger partial charge is 0.221 e. The van der Waals surface area contributed by atoms with Gasteiger partial charge in [-0.2, -0.15) is 0 Å². The monoisotopic (exact) mass is 268 g/mol. The number of rotatable bonds is 7. The highest BCUT2D eigenvalue weighted by atomic mass is 35.5. The van der Waals surface area contributed by atoms with Crippen molar-refractivity contribution in [2.75, 3.05) is 13.1 Å². The summed E-state index contributed by atoms with van der Waals surface area (Å²) in [7, 11) is 0. The van der Waals surface area contributed by atoms with Crippen LogP contribution in [0, 0.1) is 5.92 Å². The van der Waals surface area contributed by atoms with Gasteiger partial charge in [0.2, 0.25) is 5.91 Å². The Bertz CT molecular complexity index is 380. The van der Waals surface area contributed by atoms with E-state index in [1.807, 2.05) is 24.3 Å². The summed E-state index contributed by atoms with van der Waals surface area (Å²) in [6, 6.07) is 7.71. The number of hydrogen-bond acceptors (Lipinski definition) is 2. The average molecular weight is 269 g/mol. The van der Waals surface area contributed by atoms with E-state index >= 15 is 0 Å². The molecule has 0 radical (unpaired) electrons. The Labute approximate surface area is 114 Å². The molecule has 0 bridgehead atoms. The molecule has 0 atom stereocenters. The Balaban J connectivity index is 2.15. The van der Waals surface area contributed by atoms with Crippen LogP contribution in [0.3, 0.4) is 0 Å². The van der Waals surface area contributed by atoms with Gasteiger partial charge in [0, 0.05) is 31.1 Å². The van der Waals surface area contributed by atoms with Crippen molar-refractivity contribution in [2.45, 2.75) is 26.8 Å². The SMILES string of the molecule is CC(C)CNC(=O)CCNCc1ccccc1Cl. The maximum absolute atomic E-state index is 11.4. The topological polar surface area (TPSA) is 41.1 Å². The third-order valence-corrected chi connectivity index (χ3v) is 2.88. The van der Waals surface area contributed by atoms with E-state index < -0.39 is 0 Å².